The zero-order valence-corrected chi connectivity index (χ0v) is 12.0. The first kappa shape index (κ1) is 14.4. The van der Waals surface area contributed by atoms with Crippen molar-refractivity contribution in [2.45, 2.75) is 11.4 Å². The van der Waals surface area contributed by atoms with Gasteiger partial charge in [0.2, 0.25) is 10.0 Å². The Morgan fingerprint density at radius 1 is 1.45 bits per heavy atom. The van der Waals surface area contributed by atoms with E-state index in [1.807, 2.05) is 0 Å². The molecule has 0 aliphatic heterocycles. The molecule has 0 unspecified atom stereocenters. The van der Waals surface area contributed by atoms with Gasteiger partial charge >= 0.3 is 0 Å². The number of hydrogen-bond donors (Lipinski definition) is 2. The number of imidazole rings is 1. The van der Waals surface area contributed by atoms with Crippen molar-refractivity contribution in [2.75, 3.05) is 19.9 Å². The summed E-state index contributed by atoms with van der Waals surface area (Å²) < 4.78 is 31.3. The monoisotopic (exact) mass is 296 g/mol. The maximum absolute atomic E-state index is 12.5. The first-order valence-electron chi connectivity index (χ1n) is 5.83. The predicted molar refractivity (Wildman–Crippen MR) is 74.6 cm³/mol. The highest BCUT2D eigenvalue weighted by atomic mass is 32.2. The van der Waals surface area contributed by atoms with Gasteiger partial charge in [0.1, 0.15) is 16.5 Å². The summed E-state index contributed by atoms with van der Waals surface area (Å²) in [7, 11) is -0.799. The standard InChI is InChI=1S/C12H16N4O3S/c1-16(8-12-14-5-6-15-12)20(17,18)11-4-3-9(13)7-10(11)19-2/h3-7H,8,13H2,1-2H3,(H,14,15). The lowest BCUT2D eigenvalue weighted by Gasteiger charge is -2.18. The molecule has 0 radical (unpaired) electrons. The molecule has 0 aliphatic carbocycles. The van der Waals surface area contributed by atoms with Crippen molar-refractivity contribution in [2.24, 2.45) is 0 Å². The minimum atomic E-state index is -3.68. The number of nitrogens with one attached hydrogen (secondary N) is 1. The third kappa shape index (κ3) is 2.75. The number of ether oxygens (including phenoxy) is 1. The average Bonchev–Trinajstić information content (AvgIpc) is 2.91. The number of nitrogens with two attached hydrogens (primary N) is 1. The highest BCUT2D eigenvalue weighted by Gasteiger charge is 2.25. The summed E-state index contributed by atoms with van der Waals surface area (Å²) in [5, 5.41) is 0. The molecule has 8 heteroatoms. The molecule has 0 saturated heterocycles. The van der Waals surface area contributed by atoms with E-state index in [1.54, 1.807) is 12.4 Å². The zero-order chi connectivity index (χ0) is 14.8. The third-order valence-corrected chi connectivity index (χ3v) is 4.65. The van der Waals surface area contributed by atoms with Crippen molar-refractivity contribution >= 4 is 15.7 Å². The summed E-state index contributed by atoms with van der Waals surface area (Å²) in [6, 6.07) is 4.44. The van der Waals surface area contributed by atoms with Crippen molar-refractivity contribution in [3.8, 4) is 5.75 Å². The van der Waals surface area contributed by atoms with Crippen LogP contribution < -0.4 is 10.5 Å². The number of H-pyrrole nitrogens is 1. The van der Waals surface area contributed by atoms with E-state index in [0.717, 1.165) is 0 Å². The highest BCUT2D eigenvalue weighted by molar-refractivity contribution is 7.89. The molecule has 0 amide bonds. The molecule has 2 rings (SSSR count). The number of hydrogen-bond acceptors (Lipinski definition) is 5. The van der Waals surface area contributed by atoms with Crippen LogP contribution >= 0.6 is 0 Å². The van der Waals surface area contributed by atoms with Gasteiger partial charge in [-0.1, -0.05) is 0 Å². The van der Waals surface area contributed by atoms with E-state index < -0.39 is 10.0 Å². The lowest BCUT2D eigenvalue weighted by atomic mass is 10.3. The van der Waals surface area contributed by atoms with Gasteiger partial charge in [-0.05, 0) is 12.1 Å². The second-order valence-corrected chi connectivity index (χ2v) is 6.22. The van der Waals surface area contributed by atoms with Gasteiger partial charge in [0.25, 0.3) is 0 Å². The van der Waals surface area contributed by atoms with Crippen LogP contribution in [0.2, 0.25) is 0 Å². The van der Waals surface area contributed by atoms with Gasteiger partial charge in [0, 0.05) is 31.2 Å². The van der Waals surface area contributed by atoms with Gasteiger partial charge in [-0.15, -0.1) is 0 Å². The Balaban J connectivity index is 2.34. The Labute approximate surface area is 117 Å². The number of aromatic nitrogens is 2. The Morgan fingerprint density at radius 3 is 2.80 bits per heavy atom. The largest absolute Gasteiger partial charge is 0.495 e. The summed E-state index contributed by atoms with van der Waals surface area (Å²) in [5.74, 6) is 0.779. The average molecular weight is 296 g/mol. The normalized spacial score (nSPS) is 11.8. The fourth-order valence-corrected chi connectivity index (χ4v) is 3.01. The molecule has 0 spiro atoms. The summed E-state index contributed by atoms with van der Waals surface area (Å²) in [5.41, 5.74) is 6.07. The lowest BCUT2D eigenvalue weighted by molar-refractivity contribution is 0.397. The Kier molecular flexibility index (Phi) is 3.96. The van der Waals surface area contributed by atoms with E-state index in [2.05, 4.69) is 9.97 Å². The minimum Gasteiger partial charge on any atom is -0.495 e. The van der Waals surface area contributed by atoms with E-state index in [4.69, 9.17) is 10.5 Å². The van der Waals surface area contributed by atoms with Crippen molar-refractivity contribution < 1.29 is 13.2 Å². The molecule has 2 aromatic rings. The Morgan fingerprint density at radius 2 is 2.20 bits per heavy atom. The molecule has 20 heavy (non-hydrogen) atoms. The van der Waals surface area contributed by atoms with Crippen LogP contribution in [0.15, 0.2) is 35.5 Å². The molecule has 108 valence electrons. The number of sulfonamides is 1. The van der Waals surface area contributed by atoms with E-state index >= 15 is 0 Å². The molecular formula is C12H16N4O3S. The van der Waals surface area contributed by atoms with Crippen molar-refractivity contribution in [3.63, 3.8) is 0 Å². The molecule has 0 atom stereocenters. The van der Waals surface area contributed by atoms with Gasteiger partial charge in [0.05, 0.1) is 13.7 Å². The molecule has 0 bridgehead atoms. The number of rotatable bonds is 5. The van der Waals surface area contributed by atoms with E-state index in [0.29, 0.717) is 11.5 Å². The summed E-state index contributed by atoms with van der Waals surface area (Å²) in [6.07, 6.45) is 3.21. The third-order valence-electron chi connectivity index (χ3n) is 2.80. The van der Waals surface area contributed by atoms with E-state index in [1.165, 1.54) is 36.7 Å². The van der Waals surface area contributed by atoms with Gasteiger partial charge in [-0.25, -0.2) is 13.4 Å². The van der Waals surface area contributed by atoms with Gasteiger partial charge < -0.3 is 15.5 Å². The highest BCUT2D eigenvalue weighted by Crippen LogP contribution is 2.28. The maximum Gasteiger partial charge on any atom is 0.246 e. The molecule has 1 aromatic heterocycles. The van der Waals surface area contributed by atoms with Crippen LogP contribution in [-0.4, -0.2) is 36.8 Å². The number of methoxy groups -OCH3 is 1. The number of benzene rings is 1. The first-order chi connectivity index (χ1) is 9.45. The van der Waals surface area contributed by atoms with E-state index in [-0.39, 0.29) is 17.2 Å². The molecule has 0 saturated carbocycles. The van der Waals surface area contributed by atoms with Crippen LogP contribution in [0.4, 0.5) is 5.69 Å². The number of aromatic amines is 1. The fourth-order valence-electron chi connectivity index (χ4n) is 1.75. The topological polar surface area (TPSA) is 101 Å². The molecule has 0 fully saturated rings. The summed E-state index contributed by atoms with van der Waals surface area (Å²) in [6.45, 7) is 0.142. The van der Waals surface area contributed by atoms with Crippen molar-refractivity contribution in [1.29, 1.82) is 0 Å². The van der Waals surface area contributed by atoms with Crippen LogP contribution in [0.5, 0.6) is 5.75 Å². The first-order valence-corrected chi connectivity index (χ1v) is 7.27. The van der Waals surface area contributed by atoms with E-state index in [9.17, 15) is 8.42 Å². The lowest BCUT2D eigenvalue weighted by Crippen LogP contribution is -2.27. The molecule has 1 heterocycles. The number of anilines is 1. The summed E-state index contributed by atoms with van der Waals surface area (Å²) in [4.78, 5) is 6.94. The van der Waals surface area contributed by atoms with Crippen LogP contribution in [-0.2, 0) is 16.6 Å². The second-order valence-electron chi connectivity index (χ2n) is 4.21. The molecule has 1 aromatic carbocycles. The Bertz CT molecular complexity index is 683. The Hall–Kier alpha value is -2.06. The molecule has 7 nitrogen and oxygen atoms in total. The molecule has 0 aliphatic rings. The van der Waals surface area contributed by atoms with Crippen molar-refractivity contribution in [1.82, 2.24) is 14.3 Å². The number of nitrogens with zero attached hydrogens (tertiary/aromatic N) is 2. The molecule has 3 N–H and O–H groups in total. The number of nitrogen functional groups attached to an aromatic ring is 1. The predicted octanol–water partition coefficient (Wildman–Crippen LogP) is 0.821. The second kappa shape index (κ2) is 5.51. The van der Waals surface area contributed by atoms with Crippen LogP contribution in [0.3, 0.4) is 0 Å². The summed E-state index contributed by atoms with van der Waals surface area (Å²) >= 11 is 0. The van der Waals surface area contributed by atoms with Gasteiger partial charge in [-0.2, -0.15) is 4.31 Å². The SMILES string of the molecule is COc1cc(N)ccc1S(=O)(=O)N(C)Cc1ncc[nH]1. The molecular weight excluding hydrogens is 280 g/mol. The van der Waals surface area contributed by atoms with Crippen LogP contribution in [0.25, 0.3) is 0 Å². The maximum atomic E-state index is 12.5. The fraction of sp³-hybridized carbons (Fsp3) is 0.250. The quantitative estimate of drug-likeness (QED) is 0.795. The van der Waals surface area contributed by atoms with Crippen LogP contribution in [0.1, 0.15) is 5.82 Å². The smallest absolute Gasteiger partial charge is 0.246 e. The van der Waals surface area contributed by atoms with Gasteiger partial charge in [-0.3, -0.25) is 0 Å². The van der Waals surface area contributed by atoms with Crippen LogP contribution in [0, 0.1) is 0 Å². The van der Waals surface area contributed by atoms with Gasteiger partial charge in [0.15, 0.2) is 0 Å². The zero-order valence-electron chi connectivity index (χ0n) is 11.2. The minimum absolute atomic E-state index is 0.0725. The van der Waals surface area contributed by atoms with Crippen molar-refractivity contribution in [3.05, 3.63) is 36.4 Å².